The molecule has 0 radical (unpaired) electrons. The van der Waals surface area contributed by atoms with Gasteiger partial charge in [0.1, 0.15) is 12.3 Å². The molecular weight excluding hydrogens is 516 g/mol. The molecule has 1 amide bonds. The van der Waals surface area contributed by atoms with Gasteiger partial charge in [-0.1, -0.05) is 40.9 Å². The maximum atomic E-state index is 13.4. The van der Waals surface area contributed by atoms with Crippen LogP contribution in [0.25, 0.3) is 0 Å². The number of rotatable bonds is 7. The van der Waals surface area contributed by atoms with Gasteiger partial charge in [0.05, 0.1) is 10.6 Å². The van der Waals surface area contributed by atoms with Gasteiger partial charge < -0.3 is 10.1 Å². The van der Waals surface area contributed by atoms with E-state index in [1.165, 1.54) is 42.5 Å². The second kappa shape index (κ2) is 10.1. The molecule has 0 aromatic heterocycles. The molecule has 34 heavy (non-hydrogen) atoms. The predicted octanol–water partition coefficient (Wildman–Crippen LogP) is 6.03. The van der Waals surface area contributed by atoms with E-state index in [2.05, 4.69) is 10.1 Å². The molecule has 0 heterocycles. The number of halogens is 5. The number of hydrogen-bond donors (Lipinski definition) is 1. The number of carbonyl (C=O) groups excluding carboxylic acids is 1. The summed E-state index contributed by atoms with van der Waals surface area (Å²) in [5.74, 6) is -1.22. The minimum Gasteiger partial charge on any atom is -0.406 e. The van der Waals surface area contributed by atoms with Crippen LogP contribution in [0.3, 0.4) is 0 Å². The van der Waals surface area contributed by atoms with E-state index in [-0.39, 0.29) is 26.3 Å². The van der Waals surface area contributed by atoms with Gasteiger partial charge in [-0.25, -0.2) is 8.42 Å². The van der Waals surface area contributed by atoms with Gasteiger partial charge in [-0.05, 0) is 61.5 Å². The summed E-state index contributed by atoms with van der Waals surface area (Å²) in [5.41, 5.74) is 1.03. The molecule has 180 valence electrons. The second-order valence-corrected chi connectivity index (χ2v) is 9.81. The van der Waals surface area contributed by atoms with Gasteiger partial charge in [-0.15, -0.1) is 13.2 Å². The van der Waals surface area contributed by atoms with E-state index in [1.807, 2.05) is 0 Å². The Morgan fingerprint density at radius 3 is 2.06 bits per heavy atom. The first-order chi connectivity index (χ1) is 15.8. The van der Waals surface area contributed by atoms with E-state index >= 15 is 0 Å². The van der Waals surface area contributed by atoms with Gasteiger partial charge in [0.15, 0.2) is 0 Å². The van der Waals surface area contributed by atoms with Gasteiger partial charge in [0.2, 0.25) is 5.91 Å². The van der Waals surface area contributed by atoms with Crippen molar-refractivity contribution in [3.8, 4) is 5.75 Å². The monoisotopic (exact) mass is 532 g/mol. The first-order valence-corrected chi connectivity index (χ1v) is 11.7. The number of sulfonamides is 1. The SMILES string of the molecule is Cc1ccc(S(=O)(=O)N(CC(=O)Nc2ccc(OC(F)(F)F)cc2)c2cc(Cl)cc(Cl)c2)cc1. The molecule has 0 saturated heterocycles. The largest absolute Gasteiger partial charge is 0.573 e. The third kappa shape index (κ3) is 6.78. The summed E-state index contributed by atoms with van der Waals surface area (Å²) >= 11 is 12.1. The molecule has 0 unspecified atom stereocenters. The number of benzene rings is 3. The Morgan fingerprint density at radius 1 is 0.971 bits per heavy atom. The lowest BCUT2D eigenvalue weighted by Gasteiger charge is -2.24. The lowest BCUT2D eigenvalue weighted by Crippen LogP contribution is -2.38. The minimum atomic E-state index is -4.85. The quantitative estimate of drug-likeness (QED) is 0.402. The highest BCUT2D eigenvalue weighted by molar-refractivity contribution is 7.92. The van der Waals surface area contributed by atoms with E-state index < -0.39 is 34.6 Å². The first kappa shape index (κ1) is 25.7. The number of amides is 1. The smallest absolute Gasteiger partial charge is 0.406 e. The number of nitrogens with one attached hydrogen (secondary N) is 1. The molecule has 0 aliphatic heterocycles. The van der Waals surface area contributed by atoms with Crippen molar-refractivity contribution < 1.29 is 31.1 Å². The van der Waals surface area contributed by atoms with Crippen LogP contribution in [0.15, 0.2) is 71.6 Å². The summed E-state index contributed by atoms with van der Waals surface area (Å²) in [4.78, 5) is 12.7. The van der Waals surface area contributed by atoms with Crippen LogP contribution in [0, 0.1) is 6.92 Å². The molecule has 0 fully saturated rings. The number of anilines is 2. The second-order valence-electron chi connectivity index (χ2n) is 7.07. The fourth-order valence-corrected chi connectivity index (χ4v) is 4.83. The maximum absolute atomic E-state index is 13.4. The van der Waals surface area contributed by atoms with Crippen LogP contribution in [-0.2, 0) is 14.8 Å². The van der Waals surface area contributed by atoms with Crippen LogP contribution in [0.5, 0.6) is 5.75 Å². The third-order valence-electron chi connectivity index (χ3n) is 4.40. The van der Waals surface area contributed by atoms with Crippen molar-refractivity contribution in [2.45, 2.75) is 18.2 Å². The summed E-state index contributed by atoms with van der Waals surface area (Å²) < 4.78 is 68.3. The van der Waals surface area contributed by atoms with E-state index in [0.717, 1.165) is 22.0 Å². The summed E-state index contributed by atoms with van der Waals surface area (Å²) in [5, 5.41) is 2.77. The average Bonchev–Trinajstić information content (AvgIpc) is 2.72. The molecule has 3 aromatic rings. The summed E-state index contributed by atoms with van der Waals surface area (Å²) in [7, 11) is -4.21. The van der Waals surface area contributed by atoms with E-state index in [9.17, 15) is 26.4 Å². The van der Waals surface area contributed by atoms with Crippen LogP contribution in [0.4, 0.5) is 24.5 Å². The van der Waals surface area contributed by atoms with Crippen molar-refractivity contribution in [2.24, 2.45) is 0 Å². The normalized spacial score (nSPS) is 11.7. The zero-order chi connectivity index (χ0) is 25.1. The molecule has 0 spiro atoms. The van der Waals surface area contributed by atoms with Crippen LogP contribution in [0.2, 0.25) is 10.0 Å². The predicted molar refractivity (Wildman–Crippen MR) is 124 cm³/mol. The van der Waals surface area contributed by atoms with Crippen molar-refractivity contribution in [2.75, 3.05) is 16.2 Å². The van der Waals surface area contributed by atoms with Gasteiger partial charge in [-0.3, -0.25) is 9.10 Å². The standard InChI is InChI=1S/C22H17Cl2F3N2O4S/c1-14-2-8-20(9-3-14)34(31,32)29(18-11-15(23)10-16(24)12-18)13-21(30)28-17-4-6-19(7-5-17)33-22(25,26)27/h2-12H,13H2,1H3,(H,28,30). The molecule has 3 aromatic carbocycles. The van der Waals surface area contributed by atoms with Gasteiger partial charge in [-0.2, -0.15) is 0 Å². The van der Waals surface area contributed by atoms with Gasteiger partial charge in [0, 0.05) is 15.7 Å². The van der Waals surface area contributed by atoms with E-state index in [1.54, 1.807) is 19.1 Å². The topological polar surface area (TPSA) is 75.7 Å². The van der Waals surface area contributed by atoms with Crippen LogP contribution < -0.4 is 14.4 Å². The molecular formula is C22H17Cl2F3N2O4S. The lowest BCUT2D eigenvalue weighted by molar-refractivity contribution is -0.274. The highest BCUT2D eigenvalue weighted by Gasteiger charge is 2.31. The molecule has 0 aliphatic carbocycles. The summed E-state index contributed by atoms with van der Waals surface area (Å²) in [6, 6.07) is 14.5. The Bertz CT molecular complexity index is 1260. The van der Waals surface area contributed by atoms with Crippen molar-refractivity contribution >= 4 is 50.5 Å². The highest BCUT2D eigenvalue weighted by atomic mass is 35.5. The van der Waals surface area contributed by atoms with Crippen molar-refractivity contribution in [1.82, 2.24) is 0 Å². The molecule has 0 aliphatic rings. The fourth-order valence-electron chi connectivity index (χ4n) is 2.91. The minimum absolute atomic E-state index is 0.0575. The Morgan fingerprint density at radius 2 is 1.53 bits per heavy atom. The number of nitrogens with zero attached hydrogens (tertiary/aromatic N) is 1. The zero-order valence-corrected chi connectivity index (χ0v) is 19.8. The third-order valence-corrected chi connectivity index (χ3v) is 6.63. The van der Waals surface area contributed by atoms with Crippen LogP contribution in [0.1, 0.15) is 5.56 Å². The Labute approximate surface area is 203 Å². The fraction of sp³-hybridized carbons (Fsp3) is 0.136. The molecule has 3 rings (SSSR count). The van der Waals surface area contributed by atoms with E-state index in [4.69, 9.17) is 23.2 Å². The van der Waals surface area contributed by atoms with Crippen LogP contribution >= 0.6 is 23.2 Å². The molecule has 6 nitrogen and oxygen atoms in total. The number of hydrogen-bond acceptors (Lipinski definition) is 4. The molecule has 0 bridgehead atoms. The lowest BCUT2D eigenvalue weighted by atomic mass is 10.2. The average molecular weight is 533 g/mol. The van der Waals surface area contributed by atoms with Crippen LogP contribution in [-0.4, -0.2) is 27.2 Å². The summed E-state index contributed by atoms with van der Waals surface area (Å²) in [6.45, 7) is 1.14. The van der Waals surface area contributed by atoms with Gasteiger partial charge in [0.25, 0.3) is 10.0 Å². The van der Waals surface area contributed by atoms with E-state index in [0.29, 0.717) is 0 Å². The molecule has 1 N–H and O–H groups in total. The number of carbonyl (C=O) groups is 1. The summed E-state index contributed by atoms with van der Waals surface area (Å²) in [6.07, 6.45) is -4.85. The Balaban J connectivity index is 1.88. The maximum Gasteiger partial charge on any atom is 0.573 e. The van der Waals surface area contributed by atoms with Gasteiger partial charge >= 0.3 is 6.36 Å². The van der Waals surface area contributed by atoms with Crippen molar-refractivity contribution in [3.63, 3.8) is 0 Å². The number of ether oxygens (including phenoxy) is 1. The Hall–Kier alpha value is -2.95. The number of aryl methyl sites for hydroxylation is 1. The molecule has 0 saturated carbocycles. The first-order valence-electron chi connectivity index (χ1n) is 9.55. The molecule has 0 atom stereocenters. The highest BCUT2D eigenvalue weighted by Crippen LogP contribution is 2.30. The van der Waals surface area contributed by atoms with Crippen molar-refractivity contribution in [1.29, 1.82) is 0 Å². The molecule has 12 heteroatoms. The Kier molecular flexibility index (Phi) is 7.64. The van der Waals surface area contributed by atoms with Crippen molar-refractivity contribution in [3.05, 3.63) is 82.3 Å². The zero-order valence-electron chi connectivity index (χ0n) is 17.4. The number of alkyl halides is 3.